The lowest BCUT2D eigenvalue weighted by molar-refractivity contribution is -0.123. The van der Waals surface area contributed by atoms with E-state index in [2.05, 4.69) is 20.6 Å². The Kier molecular flexibility index (Phi) is 7.00. The molecule has 3 heterocycles. The van der Waals surface area contributed by atoms with Crippen molar-refractivity contribution in [3.8, 4) is 27.8 Å². The van der Waals surface area contributed by atoms with E-state index in [0.717, 1.165) is 26.9 Å². The van der Waals surface area contributed by atoms with Crippen LogP contribution < -0.4 is 20.1 Å². The molecule has 0 aliphatic rings. The largest absolute Gasteiger partial charge is 0.495 e. The Morgan fingerprint density at radius 3 is 2.61 bits per heavy atom. The number of amides is 2. The van der Waals surface area contributed by atoms with Crippen LogP contribution in [-0.4, -0.2) is 33.5 Å². The summed E-state index contributed by atoms with van der Waals surface area (Å²) < 4.78 is 28.6. The number of thiophene rings is 1. The zero-order chi connectivity index (χ0) is 26.6. The number of benzene rings is 2. The molecule has 0 unspecified atom stereocenters. The molecule has 0 saturated heterocycles. The molecule has 5 aromatic rings. The highest BCUT2D eigenvalue weighted by molar-refractivity contribution is 7.22. The lowest BCUT2D eigenvalue weighted by Crippen LogP contribution is -2.21. The van der Waals surface area contributed by atoms with Gasteiger partial charge in [0.2, 0.25) is 11.8 Å². The molecule has 0 fully saturated rings. The van der Waals surface area contributed by atoms with E-state index in [-0.39, 0.29) is 11.4 Å². The third kappa shape index (κ3) is 5.32. The van der Waals surface area contributed by atoms with Crippen LogP contribution in [0.15, 0.2) is 73.3 Å². The monoisotopic (exact) mass is 531 g/mol. The second-order valence-corrected chi connectivity index (χ2v) is 9.30. The molecule has 192 valence electrons. The molecule has 0 radical (unpaired) electrons. The average Bonchev–Trinajstić information content (AvgIpc) is 3.52. The number of methoxy groups -OCH3 is 1. The summed E-state index contributed by atoms with van der Waals surface area (Å²) in [6.07, 6.45) is 4.62. The first-order valence-electron chi connectivity index (χ1n) is 11.5. The van der Waals surface area contributed by atoms with E-state index in [4.69, 9.17) is 9.47 Å². The van der Waals surface area contributed by atoms with E-state index in [1.165, 1.54) is 30.6 Å². The maximum atomic E-state index is 14.9. The quantitative estimate of drug-likeness (QED) is 0.252. The predicted octanol–water partition coefficient (Wildman–Crippen LogP) is 5.60. The second-order valence-electron chi connectivity index (χ2n) is 8.24. The summed E-state index contributed by atoms with van der Waals surface area (Å²) in [5.74, 6) is -0.883. The molecule has 9 nitrogen and oxygen atoms in total. The standard InChI is InChI=1S/C27H22FN5O4S/c1-33-15-29-14-20(33)24-12-19-27(38-24)23(9-10-30-19)37-21-8-7-16(11-17(21)28)31-25(34)13-26(35)32-18-5-3-4-6-22(18)36-2/h3-12,14-15H,13H2,1-2H3,(H,31,34)(H,32,35). The highest BCUT2D eigenvalue weighted by Gasteiger charge is 2.16. The van der Waals surface area contributed by atoms with Crippen LogP contribution in [0, 0.1) is 5.82 Å². The zero-order valence-corrected chi connectivity index (χ0v) is 21.2. The Morgan fingerprint density at radius 1 is 1.03 bits per heavy atom. The number of para-hydroxylation sites is 2. The molecule has 11 heteroatoms. The van der Waals surface area contributed by atoms with Gasteiger partial charge >= 0.3 is 0 Å². The number of anilines is 2. The van der Waals surface area contributed by atoms with Crippen LogP contribution in [-0.2, 0) is 16.6 Å². The molecule has 0 spiro atoms. The van der Waals surface area contributed by atoms with Crippen LogP contribution in [0.25, 0.3) is 20.8 Å². The Balaban J connectivity index is 1.26. The van der Waals surface area contributed by atoms with Gasteiger partial charge in [-0.1, -0.05) is 12.1 Å². The minimum absolute atomic E-state index is 0.0140. The number of nitrogens with one attached hydrogen (secondary N) is 2. The summed E-state index contributed by atoms with van der Waals surface area (Å²) in [4.78, 5) is 34.1. The van der Waals surface area contributed by atoms with Crippen molar-refractivity contribution in [3.63, 3.8) is 0 Å². The first kappa shape index (κ1) is 24.9. The number of fused-ring (bicyclic) bond motifs is 1. The van der Waals surface area contributed by atoms with Gasteiger partial charge in [0.25, 0.3) is 0 Å². The molecule has 2 aromatic carbocycles. The zero-order valence-electron chi connectivity index (χ0n) is 20.4. The van der Waals surface area contributed by atoms with Crippen LogP contribution in [0.2, 0.25) is 0 Å². The third-order valence-corrected chi connectivity index (χ3v) is 6.74. The van der Waals surface area contributed by atoms with E-state index in [1.54, 1.807) is 49.1 Å². The van der Waals surface area contributed by atoms with Crippen LogP contribution in [0.4, 0.5) is 15.8 Å². The summed E-state index contributed by atoms with van der Waals surface area (Å²) in [5.41, 5.74) is 2.30. The van der Waals surface area contributed by atoms with Crippen LogP contribution in [0.1, 0.15) is 6.42 Å². The van der Waals surface area contributed by atoms with Gasteiger partial charge in [0.15, 0.2) is 11.6 Å². The van der Waals surface area contributed by atoms with Crippen molar-refractivity contribution in [2.24, 2.45) is 7.05 Å². The van der Waals surface area contributed by atoms with Crippen molar-refractivity contribution >= 4 is 44.7 Å². The minimum atomic E-state index is -0.672. The van der Waals surface area contributed by atoms with Crippen molar-refractivity contribution in [2.75, 3.05) is 17.7 Å². The summed E-state index contributed by atoms with van der Waals surface area (Å²) >= 11 is 1.47. The summed E-state index contributed by atoms with van der Waals surface area (Å²) in [5, 5.41) is 5.16. The van der Waals surface area contributed by atoms with E-state index in [0.29, 0.717) is 17.2 Å². The van der Waals surface area contributed by atoms with Crippen molar-refractivity contribution in [1.82, 2.24) is 14.5 Å². The number of imidazole rings is 1. The molecule has 0 bridgehead atoms. The van der Waals surface area contributed by atoms with Gasteiger partial charge in [0.05, 0.1) is 46.1 Å². The number of pyridine rings is 1. The Bertz CT molecular complexity index is 1650. The predicted molar refractivity (Wildman–Crippen MR) is 143 cm³/mol. The number of hydrogen-bond acceptors (Lipinski definition) is 7. The lowest BCUT2D eigenvalue weighted by Gasteiger charge is -2.11. The van der Waals surface area contributed by atoms with Crippen molar-refractivity contribution in [3.05, 3.63) is 79.1 Å². The minimum Gasteiger partial charge on any atom is -0.495 e. The van der Waals surface area contributed by atoms with Gasteiger partial charge in [-0.05, 0) is 30.3 Å². The summed E-state index contributed by atoms with van der Waals surface area (Å²) in [6.45, 7) is 0. The highest BCUT2D eigenvalue weighted by atomic mass is 32.1. The van der Waals surface area contributed by atoms with Crippen molar-refractivity contribution in [2.45, 2.75) is 6.42 Å². The third-order valence-electron chi connectivity index (χ3n) is 5.58. The first-order chi connectivity index (χ1) is 18.4. The van der Waals surface area contributed by atoms with Crippen LogP contribution in [0.3, 0.4) is 0 Å². The maximum Gasteiger partial charge on any atom is 0.233 e. The Labute approximate surface area is 220 Å². The molecule has 0 atom stereocenters. The molecule has 2 N–H and O–H groups in total. The molecule has 2 amide bonds. The number of halogens is 1. The SMILES string of the molecule is COc1ccccc1NC(=O)CC(=O)Nc1ccc(Oc2ccnc3cc(-c4cncn4C)sc23)c(F)c1. The number of aromatic nitrogens is 3. The fourth-order valence-electron chi connectivity index (χ4n) is 3.79. The topological polar surface area (TPSA) is 107 Å². The lowest BCUT2D eigenvalue weighted by atomic mass is 10.2. The number of rotatable bonds is 8. The Hall–Kier alpha value is -4.77. The smallest absolute Gasteiger partial charge is 0.233 e. The number of carbonyl (C=O) groups is 2. The maximum absolute atomic E-state index is 14.9. The molecule has 0 saturated carbocycles. The van der Waals surface area contributed by atoms with Crippen LogP contribution in [0.5, 0.6) is 17.2 Å². The fourth-order valence-corrected chi connectivity index (χ4v) is 4.91. The summed E-state index contributed by atoms with van der Waals surface area (Å²) in [6, 6.07) is 14.5. The highest BCUT2D eigenvalue weighted by Crippen LogP contribution is 2.39. The van der Waals surface area contributed by atoms with Gasteiger partial charge in [-0.15, -0.1) is 11.3 Å². The molecule has 38 heavy (non-hydrogen) atoms. The number of aryl methyl sites for hydroxylation is 1. The molecular formula is C27H22FN5O4S. The Morgan fingerprint density at radius 2 is 1.84 bits per heavy atom. The molecule has 5 rings (SSSR count). The van der Waals surface area contributed by atoms with Crippen LogP contribution >= 0.6 is 11.3 Å². The number of carbonyl (C=O) groups excluding carboxylic acids is 2. The molecule has 0 aliphatic carbocycles. The molecule has 0 aliphatic heterocycles. The van der Waals surface area contributed by atoms with E-state index >= 15 is 0 Å². The number of hydrogen-bond donors (Lipinski definition) is 2. The van der Waals surface area contributed by atoms with Crippen molar-refractivity contribution < 1.29 is 23.5 Å². The van der Waals surface area contributed by atoms with Gasteiger partial charge in [-0.3, -0.25) is 14.6 Å². The van der Waals surface area contributed by atoms with Gasteiger partial charge in [-0.25, -0.2) is 9.37 Å². The van der Waals surface area contributed by atoms with E-state index in [1.807, 2.05) is 17.7 Å². The molecular weight excluding hydrogens is 509 g/mol. The average molecular weight is 532 g/mol. The van der Waals surface area contributed by atoms with E-state index < -0.39 is 24.1 Å². The molecule has 3 aromatic heterocycles. The summed E-state index contributed by atoms with van der Waals surface area (Å²) in [7, 11) is 3.39. The first-order valence-corrected chi connectivity index (χ1v) is 12.3. The van der Waals surface area contributed by atoms with Gasteiger partial charge in [-0.2, -0.15) is 0 Å². The number of ether oxygens (including phenoxy) is 2. The normalized spacial score (nSPS) is 10.8. The van der Waals surface area contributed by atoms with Crippen molar-refractivity contribution in [1.29, 1.82) is 0 Å². The van der Waals surface area contributed by atoms with E-state index in [9.17, 15) is 14.0 Å². The second kappa shape index (κ2) is 10.7. The van der Waals surface area contributed by atoms with Gasteiger partial charge in [0.1, 0.15) is 17.9 Å². The number of nitrogens with zero attached hydrogens (tertiary/aromatic N) is 3. The van der Waals surface area contributed by atoms with Gasteiger partial charge in [0, 0.05) is 31.1 Å². The fraction of sp³-hybridized carbons (Fsp3) is 0.111. The van der Waals surface area contributed by atoms with Gasteiger partial charge < -0.3 is 24.7 Å².